The Morgan fingerprint density at radius 1 is 1.22 bits per heavy atom. The van der Waals surface area contributed by atoms with Crippen LogP contribution >= 0.6 is 24.0 Å². The summed E-state index contributed by atoms with van der Waals surface area (Å²) in [5, 5.41) is 6.79. The fraction of sp³-hybridized carbons (Fsp3) is 0.542. The van der Waals surface area contributed by atoms with E-state index in [2.05, 4.69) is 41.4 Å². The van der Waals surface area contributed by atoms with Crippen LogP contribution in [0, 0.1) is 12.8 Å². The van der Waals surface area contributed by atoms with Gasteiger partial charge in [-0.15, -0.1) is 24.0 Å². The van der Waals surface area contributed by atoms with E-state index < -0.39 is 0 Å². The molecule has 0 unspecified atom stereocenters. The van der Waals surface area contributed by atoms with Crippen LogP contribution in [0.1, 0.15) is 50.8 Å². The van der Waals surface area contributed by atoms with E-state index in [1.165, 1.54) is 5.56 Å². The van der Waals surface area contributed by atoms with Crippen LogP contribution in [0.3, 0.4) is 0 Å². The number of guanidine groups is 1. The lowest BCUT2D eigenvalue weighted by atomic mass is 9.98. The summed E-state index contributed by atoms with van der Waals surface area (Å²) >= 11 is 0. The third-order valence-electron chi connectivity index (χ3n) is 5.99. The fourth-order valence-corrected chi connectivity index (χ4v) is 3.92. The van der Waals surface area contributed by atoms with Gasteiger partial charge in [0.15, 0.2) is 5.96 Å². The number of hydrogen-bond acceptors (Lipinski definition) is 4. The number of piperidine rings is 1. The zero-order valence-electron chi connectivity index (χ0n) is 19.6. The fourth-order valence-electron chi connectivity index (χ4n) is 3.92. The van der Waals surface area contributed by atoms with E-state index in [4.69, 9.17) is 4.42 Å². The molecule has 1 amide bonds. The Bertz CT molecular complexity index is 869. The summed E-state index contributed by atoms with van der Waals surface area (Å²) in [5.74, 6) is 1.83. The lowest BCUT2D eigenvalue weighted by Gasteiger charge is -2.34. The van der Waals surface area contributed by atoms with Gasteiger partial charge in [0.25, 0.3) is 0 Å². The van der Waals surface area contributed by atoms with E-state index in [-0.39, 0.29) is 29.9 Å². The lowest BCUT2D eigenvalue weighted by Crippen LogP contribution is -2.50. The third-order valence-corrected chi connectivity index (χ3v) is 5.99. The Kier molecular flexibility index (Phi) is 10.5. The van der Waals surface area contributed by atoms with Gasteiger partial charge in [0.05, 0.1) is 12.2 Å². The van der Waals surface area contributed by atoms with E-state index in [1.807, 2.05) is 29.2 Å². The van der Waals surface area contributed by atoms with Gasteiger partial charge in [-0.25, -0.2) is 4.98 Å². The molecular formula is C24H36IN5O2. The molecule has 0 saturated carbocycles. The Morgan fingerprint density at radius 3 is 2.47 bits per heavy atom. The van der Waals surface area contributed by atoms with Crippen LogP contribution in [0.25, 0.3) is 11.5 Å². The number of aliphatic imine (C=N–C) groups is 1. The topological polar surface area (TPSA) is 82.8 Å². The first kappa shape index (κ1) is 26.2. The number of aromatic nitrogens is 1. The summed E-state index contributed by atoms with van der Waals surface area (Å²) in [6.45, 7) is 8.37. The maximum absolute atomic E-state index is 12.6. The first-order valence-electron chi connectivity index (χ1n) is 11.3. The average Bonchev–Trinajstić information content (AvgIpc) is 3.27. The maximum Gasteiger partial charge on any atom is 0.226 e. The van der Waals surface area contributed by atoms with Gasteiger partial charge in [-0.2, -0.15) is 0 Å². The molecular weight excluding hydrogens is 517 g/mol. The molecule has 0 spiro atoms. The smallest absolute Gasteiger partial charge is 0.226 e. The quantitative estimate of drug-likeness (QED) is 0.303. The number of halogens is 1. The highest BCUT2D eigenvalue weighted by Crippen LogP contribution is 2.19. The average molecular weight is 553 g/mol. The minimum atomic E-state index is 0. The van der Waals surface area contributed by atoms with E-state index in [0.29, 0.717) is 24.4 Å². The highest BCUT2D eigenvalue weighted by atomic mass is 127. The van der Waals surface area contributed by atoms with Crippen LogP contribution in [0.5, 0.6) is 0 Å². The first-order chi connectivity index (χ1) is 15.0. The van der Waals surface area contributed by atoms with Crippen molar-refractivity contribution in [3.8, 4) is 11.5 Å². The third kappa shape index (κ3) is 6.95. The molecule has 32 heavy (non-hydrogen) atoms. The van der Waals surface area contributed by atoms with Crippen molar-refractivity contribution < 1.29 is 9.21 Å². The van der Waals surface area contributed by atoms with Gasteiger partial charge in [0.2, 0.25) is 11.8 Å². The van der Waals surface area contributed by atoms with Gasteiger partial charge in [-0.05, 0) is 44.7 Å². The molecule has 1 aromatic heterocycles. The molecule has 2 N–H and O–H groups in total. The number of nitrogens with zero attached hydrogens (tertiary/aromatic N) is 3. The van der Waals surface area contributed by atoms with E-state index in [1.54, 1.807) is 13.3 Å². The summed E-state index contributed by atoms with van der Waals surface area (Å²) in [6.07, 6.45) is 5.36. The van der Waals surface area contributed by atoms with E-state index in [0.717, 1.165) is 56.0 Å². The van der Waals surface area contributed by atoms with Crippen molar-refractivity contribution >= 4 is 35.8 Å². The van der Waals surface area contributed by atoms with Gasteiger partial charge in [-0.1, -0.05) is 31.5 Å². The maximum atomic E-state index is 12.6. The Labute approximate surface area is 208 Å². The summed E-state index contributed by atoms with van der Waals surface area (Å²) in [4.78, 5) is 23.5. The molecule has 0 aliphatic carbocycles. The largest absolute Gasteiger partial charge is 0.444 e. The van der Waals surface area contributed by atoms with Crippen LogP contribution in [-0.2, 0) is 11.3 Å². The molecule has 176 valence electrons. The van der Waals surface area contributed by atoms with Gasteiger partial charge in [-0.3, -0.25) is 9.79 Å². The second-order valence-corrected chi connectivity index (χ2v) is 8.19. The zero-order chi connectivity index (χ0) is 22.2. The lowest BCUT2D eigenvalue weighted by molar-refractivity contribution is -0.136. The standard InChI is InChI=1S/C24H35N5O2.HI/c1-5-18(6-2)23(30)29-13-11-20(12-14-29)28-24(25-4)26-15-21-16-31-22(27-21)19-9-7-17(3)8-10-19;/h7-10,16,18,20H,5-6,11-15H2,1-4H3,(H2,25,26,28);1H. The van der Waals surface area contributed by atoms with Gasteiger partial charge >= 0.3 is 0 Å². The number of amides is 1. The van der Waals surface area contributed by atoms with Crippen LogP contribution in [0.4, 0.5) is 0 Å². The van der Waals surface area contributed by atoms with Crippen molar-refractivity contribution in [2.75, 3.05) is 20.1 Å². The minimum absolute atomic E-state index is 0. The van der Waals surface area contributed by atoms with Crippen molar-refractivity contribution in [2.45, 2.75) is 59.0 Å². The van der Waals surface area contributed by atoms with Crippen molar-refractivity contribution in [3.63, 3.8) is 0 Å². The molecule has 7 nitrogen and oxygen atoms in total. The molecule has 0 radical (unpaired) electrons. The van der Waals surface area contributed by atoms with Crippen LogP contribution in [-0.4, -0.2) is 47.9 Å². The monoisotopic (exact) mass is 553 g/mol. The van der Waals surface area contributed by atoms with Crippen molar-refractivity contribution in [2.24, 2.45) is 10.9 Å². The summed E-state index contributed by atoms with van der Waals surface area (Å²) in [5.41, 5.74) is 3.00. The number of benzene rings is 1. The summed E-state index contributed by atoms with van der Waals surface area (Å²) in [7, 11) is 1.77. The molecule has 8 heteroatoms. The number of nitrogens with one attached hydrogen (secondary N) is 2. The second-order valence-electron chi connectivity index (χ2n) is 8.19. The summed E-state index contributed by atoms with van der Waals surface area (Å²) < 4.78 is 5.63. The highest BCUT2D eigenvalue weighted by Gasteiger charge is 2.26. The van der Waals surface area contributed by atoms with Gasteiger partial charge in [0.1, 0.15) is 6.26 Å². The number of carbonyl (C=O) groups excluding carboxylic acids is 1. The normalized spacial score (nSPS) is 14.9. The molecule has 1 aliphatic heterocycles. The number of likely N-dealkylation sites (tertiary alicyclic amines) is 1. The molecule has 1 aliphatic rings. The molecule has 1 aromatic carbocycles. The molecule has 3 rings (SSSR count). The number of oxazole rings is 1. The SMILES string of the molecule is CCC(CC)C(=O)N1CCC(NC(=NC)NCc2coc(-c3ccc(C)cc3)n2)CC1.I. The molecule has 0 atom stereocenters. The van der Waals surface area contributed by atoms with Crippen LogP contribution < -0.4 is 10.6 Å². The Morgan fingerprint density at radius 2 is 1.88 bits per heavy atom. The zero-order valence-corrected chi connectivity index (χ0v) is 21.9. The minimum Gasteiger partial charge on any atom is -0.444 e. The van der Waals surface area contributed by atoms with E-state index >= 15 is 0 Å². The number of aryl methyl sites for hydroxylation is 1. The number of carbonyl (C=O) groups is 1. The van der Waals surface area contributed by atoms with Crippen molar-refractivity contribution in [1.82, 2.24) is 20.5 Å². The van der Waals surface area contributed by atoms with Gasteiger partial charge in [0, 0.05) is 37.7 Å². The molecule has 2 heterocycles. The van der Waals surface area contributed by atoms with E-state index in [9.17, 15) is 4.79 Å². The Hall–Kier alpha value is -2.10. The predicted octanol–water partition coefficient (Wildman–Crippen LogP) is 4.36. The molecule has 2 aromatic rings. The van der Waals surface area contributed by atoms with Crippen molar-refractivity contribution in [1.29, 1.82) is 0 Å². The van der Waals surface area contributed by atoms with Crippen LogP contribution in [0.15, 0.2) is 39.9 Å². The highest BCUT2D eigenvalue weighted by molar-refractivity contribution is 14.0. The predicted molar refractivity (Wildman–Crippen MR) is 139 cm³/mol. The van der Waals surface area contributed by atoms with Crippen LogP contribution in [0.2, 0.25) is 0 Å². The second kappa shape index (κ2) is 12.8. The molecule has 0 bridgehead atoms. The van der Waals surface area contributed by atoms with Gasteiger partial charge < -0.3 is 20.0 Å². The number of rotatable bonds is 7. The first-order valence-corrected chi connectivity index (χ1v) is 11.3. The Balaban J connectivity index is 0.00000363. The number of hydrogen-bond donors (Lipinski definition) is 2. The molecule has 1 fully saturated rings. The molecule has 1 saturated heterocycles. The summed E-state index contributed by atoms with van der Waals surface area (Å²) in [6, 6.07) is 8.43. The van der Waals surface area contributed by atoms with Crippen molar-refractivity contribution in [3.05, 3.63) is 41.8 Å².